The lowest BCUT2D eigenvalue weighted by Gasteiger charge is -2.09. The number of aromatic nitrogens is 3. The molecule has 150 valence electrons. The number of hydrogen-bond donors (Lipinski definition) is 2. The second kappa shape index (κ2) is 9.44. The van der Waals surface area contributed by atoms with E-state index in [-0.39, 0.29) is 11.7 Å². The Labute approximate surface area is 176 Å². The topological polar surface area (TPSA) is 98.1 Å². The Hall–Kier alpha value is -3.04. The van der Waals surface area contributed by atoms with Gasteiger partial charge in [0.2, 0.25) is 5.91 Å². The van der Waals surface area contributed by atoms with Gasteiger partial charge in [-0.1, -0.05) is 29.4 Å². The fourth-order valence-corrected chi connectivity index (χ4v) is 3.27. The zero-order chi connectivity index (χ0) is 20.8. The second-order valence-corrected chi connectivity index (χ2v) is 7.30. The molecule has 0 spiro atoms. The summed E-state index contributed by atoms with van der Waals surface area (Å²) >= 11 is 7.45. The van der Waals surface area contributed by atoms with Gasteiger partial charge in [0.15, 0.2) is 5.16 Å². The molecule has 0 unspecified atom stereocenters. The van der Waals surface area contributed by atoms with Crippen LogP contribution in [0.1, 0.15) is 5.56 Å². The van der Waals surface area contributed by atoms with Crippen molar-refractivity contribution >= 4 is 46.7 Å². The van der Waals surface area contributed by atoms with Crippen LogP contribution in [0.25, 0.3) is 5.69 Å². The Kier molecular flexibility index (Phi) is 6.73. The van der Waals surface area contributed by atoms with E-state index in [2.05, 4.69) is 25.6 Å². The van der Waals surface area contributed by atoms with E-state index >= 15 is 0 Å². The summed E-state index contributed by atoms with van der Waals surface area (Å²) in [5, 5.41) is 14.6. The van der Waals surface area contributed by atoms with Crippen molar-refractivity contribution in [3.63, 3.8) is 0 Å². The summed E-state index contributed by atoms with van der Waals surface area (Å²) in [6, 6.07) is 12.4. The minimum absolute atomic E-state index is 0.153. The Bertz CT molecular complexity index is 1020. The van der Waals surface area contributed by atoms with Crippen LogP contribution in [0.2, 0.25) is 5.02 Å². The fraction of sp³-hybridized carbons (Fsp3) is 0.158. The fourth-order valence-electron chi connectivity index (χ4n) is 2.36. The highest BCUT2D eigenvalue weighted by Gasteiger charge is 2.11. The number of thioether (sulfide) groups is 1. The quantitative estimate of drug-likeness (QED) is 0.569. The Balaban J connectivity index is 1.58. The average molecular weight is 432 g/mol. The van der Waals surface area contributed by atoms with E-state index in [4.69, 9.17) is 11.6 Å². The minimum atomic E-state index is -0.558. The number of halogens is 1. The number of carbonyl (C=O) groups is 2. The summed E-state index contributed by atoms with van der Waals surface area (Å²) in [6.45, 7) is 1.93. The highest BCUT2D eigenvalue weighted by Crippen LogP contribution is 2.24. The van der Waals surface area contributed by atoms with Gasteiger partial charge >= 0.3 is 6.09 Å². The largest absolute Gasteiger partial charge is 0.453 e. The maximum absolute atomic E-state index is 12.3. The van der Waals surface area contributed by atoms with Crippen LogP contribution in [0, 0.1) is 6.92 Å². The molecule has 0 fully saturated rings. The molecule has 29 heavy (non-hydrogen) atoms. The van der Waals surface area contributed by atoms with Crippen LogP contribution in [-0.2, 0) is 9.53 Å². The number of anilines is 2. The molecule has 3 rings (SSSR count). The number of benzene rings is 2. The number of rotatable bonds is 6. The number of ether oxygens (including phenoxy) is 1. The molecule has 1 heterocycles. The maximum atomic E-state index is 12.3. The molecule has 0 aliphatic rings. The summed E-state index contributed by atoms with van der Waals surface area (Å²) in [6.07, 6.45) is 1.02. The molecule has 0 saturated heterocycles. The van der Waals surface area contributed by atoms with Crippen LogP contribution in [0.15, 0.2) is 53.9 Å². The van der Waals surface area contributed by atoms with E-state index in [0.717, 1.165) is 11.3 Å². The van der Waals surface area contributed by atoms with Gasteiger partial charge in [0.1, 0.15) is 6.33 Å². The SMILES string of the molecule is COC(=O)Nc1ccc(NC(=O)CSc2nncn2-c2ccc(C)c(Cl)c2)cc1. The third kappa shape index (κ3) is 5.49. The van der Waals surface area contributed by atoms with Crippen LogP contribution in [0.3, 0.4) is 0 Å². The van der Waals surface area contributed by atoms with Gasteiger partial charge in [-0.05, 0) is 48.9 Å². The summed E-state index contributed by atoms with van der Waals surface area (Å²) in [5.74, 6) is -0.0411. The smallest absolute Gasteiger partial charge is 0.411 e. The monoisotopic (exact) mass is 431 g/mol. The third-order valence-electron chi connectivity index (χ3n) is 3.88. The highest BCUT2D eigenvalue weighted by molar-refractivity contribution is 7.99. The molecular formula is C19H18ClN5O3S. The van der Waals surface area contributed by atoms with Gasteiger partial charge in [-0.25, -0.2) is 4.79 Å². The number of aryl methyl sites for hydroxylation is 1. The summed E-state index contributed by atoms with van der Waals surface area (Å²) < 4.78 is 6.30. The predicted octanol–water partition coefficient (Wildman–Crippen LogP) is 4.14. The van der Waals surface area contributed by atoms with E-state index in [1.807, 2.05) is 25.1 Å². The van der Waals surface area contributed by atoms with Crippen molar-refractivity contribution in [2.75, 3.05) is 23.5 Å². The molecule has 0 aliphatic heterocycles. The third-order valence-corrected chi connectivity index (χ3v) is 5.23. The van der Waals surface area contributed by atoms with Crippen LogP contribution >= 0.6 is 23.4 Å². The molecule has 10 heteroatoms. The number of amides is 2. The van der Waals surface area contributed by atoms with E-state index in [9.17, 15) is 9.59 Å². The van der Waals surface area contributed by atoms with Crippen LogP contribution in [0.5, 0.6) is 0 Å². The van der Waals surface area contributed by atoms with Crippen molar-refractivity contribution in [1.82, 2.24) is 14.8 Å². The Morgan fingerprint density at radius 3 is 2.48 bits per heavy atom. The molecule has 2 aromatic carbocycles. The molecule has 3 aromatic rings. The summed E-state index contributed by atoms with van der Waals surface area (Å²) in [7, 11) is 1.29. The van der Waals surface area contributed by atoms with Gasteiger partial charge < -0.3 is 10.1 Å². The summed E-state index contributed by atoms with van der Waals surface area (Å²) in [4.78, 5) is 23.4. The van der Waals surface area contributed by atoms with Crippen LogP contribution in [-0.4, -0.2) is 39.6 Å². The lowest BCUT2D eigenvalue weighted by atomic mass is 10.2. The van der Waals surface area contributed by atoms with Crippen molar-refractivity contribution in [2.24, 2.45) is 0 Å². The molecule has 0 atom stereocenters. The van der Waals surface area contributed by atoms with Crippen molar-refractivity contribution in [3.8, 4) is 5.69 Å². The predicted molar refractivity (Wildman–Crippen MR) is 113 cm³/mol. The summed E-state index contributed by atoms with van der Waals surface area (Å²) in [5.41, 5.74) is 2.97. The average Bonchev–Trinajstić information content (AvgIpc) is 3.18. The maximum Gasteiger partial charge on any atom is 0.411 e. The van der Waals surface area contributed by atoms with E-state index in [0.29, 0.717) is 21.6 Å². The molecule has 1 aromatic heterocycles. The molecule has 0 aliphatic carbocycles. The number of carbonyl (C=O) groups excluding carboxylic acids is 2. The molecule has 2 N–H and O–H groups in total. The molecule has 0 saturated carbocycles. The Morgan fingerprint density at radius 1 is 1.14 bits per heavy atom. The van der Waals surface area contributed by atoms with Crippen molar-refractivity contribution in [3.05, 3.63) is 59.4 Å². The van der Waals surface area contributed by atoms with E-state index < -0.39 is 6.09 Å². The Morgan fingerprint density at radius 2 is 1.83 bits per heavy atom. The number of methoxy groups -OCH3 is 1. The van der Waals surface area contributed by atoms with Gasteiger partial charge in [-0.3, -0.25) is 14.7 Å². The first-order valence-electron chi connectivity index (χ1n) is 8.50. The molecular weight excluding hydrogens is 414 g/mol. The van der Waals surface area contributed by atoms with Gasteiger partial charge in [0.05, 0.1) is 18.6 Å². The lowest BCUT2D eigenvalue weighted by Crippen LogP contribution is -2.15. The van der Waals surface area contributed by atoms with Crippen LogP contribution in [0.4, 0.5) is 16.2 Å². The number of hydrogen-bond acceptors (Lipinski definition) is 6. The van der Waals surface area contributed by atoms with Crippen LogP contribution < -0.4 is 10.6 Å². The zero-order valence-electron chi connectivity index (χ0n) is 15.7. The zero-order valence-corrected chi connectivity index (χ0v) is 17.3. The molecule has 2 amide bonds. The first-order valence-corrected chi connectivity index (χ1v) is 9.87. The first-order chi connectivity index (χ1) is 14.0. The second-order valence-electron chi connectivity index (χ2n) is 5.95. The molecule has 0 radical (unpaired) electrons. The minimum Gasteiger partial charge on any atom is -0.453 e. The molecule has 0 bridgehead atoms. The van der Waals surface area contributed by atoms with Crippen molar-refractivity contribution in [2.45, 2.75) is 12.1 Å². The standard InChI is InChI=1S/C19H18ClN5O3S/c1-12-3-8-15(9-16(12)20)25-11-21-24-18(25)29-10-17(26)22-13-4-6-14(7-5-13)23-19(27)28-2/h3-9,11H,10H2,1-2H3,(H,22,26)(H,23,27). The number of nitrogens with zero attached hydrogens (tertiary/aromatic N) is 3. The van der Waals surface area contributed by atoms with Crippen molar-refractivity contribution in [1.29, 1.82) is 0 Å². The first kappa shape index (κ1) is 20.7. The normalized spacial score (nSPS) is 10.4. The number of nitrogens with one attached hydrogen (secondary N) is 2. The van der Waals surface area contributed by atoms with Gasteiger partial charge in [-0.2, -0.15) is 0 Å². The lowest BCUT2D eigenvalue weighted by molar-refractivity contribution is -0.113. The van der Waals surface area contributed by atoms with Crippen molar-refractivity contribution < 1.29 is 14.3 Å². The molecule has 8 nitrogen and oxygen atoms in total. The van der Waals surface area contributed by atoms with E-state index in [1.54, 1.807) is 35.2 Å². The van der Waals surface area contributed by atoms with Gasteiger partial charge in [-0.15, -0.1) is 10.2 Å². The highest BCUT2D eigenvalue weighted by atomic mass is 35.5. The van der Waals surface area contributed by atoms with Gasteiger partial charge in [0, 0.05) is 16.4 Å². The van der Waals surface area contributed by atoms with Gasteiger partial charge in [0.25, 0.3) is 0 Å². The van der Waals surface area contributed by atoms with E-state index in [1.165, 1.54) is 18.9 Å².